The Labute approximate surface area is 126 Å². The minimum absolute atomic E-state index is 0.485. The standard InChI is InChI=1S/C17H24N4/c1-4-16-15(11-20(3)19-16)12-21-10-13(2)8-17(21)14-6-5-7-18-9-14/h5-7,9,11,13,17H,4,8,10,12H2,1-3H3. The molecule has 0 radical (unpaired) electrons. The summed E-state index contributed by atoms with van der Waals surface area (Å²) in [6.45, 7) is 6.66. The van der Waals surface area contributed by atoms with Crippen LogP contribution in [0.5, 0.6) is 0 Å². The van der Waals surface area contributed by atoms with Crippen molar-refractivity contribution in [3.05, 3.63) is 47.5 Å². The van der Waals surface area contributed by atoms with Crippen LogP contribution >= 0.6 is 0 Å². The van der Waals surface area contributed by atoms with E-state index in [2.05, 4.69) is 41.1 Å². The number of likely N-dealkylation sites (tertiary alicyclic amines) is 1. The molecule has 0 spiro atoms. The van der Waals surface area contributed by atoms with Gasteiger partial charge in [-0.2, -0.15) is 5.10 Å². The first-order valence-electron chi connectivity index (χ1n) is 7.82. The van der Waals surface area contributed by atoms with Crippen molar-refractivity contribution in [2.45, 2.75) is 39.3 Å². The average Bonchev–Trinajstić information content (AvgIpc) is 3.03. The summed E-state index contributed by atoms with van der Waals surface area (Å²) in [6, 6.07) is 4.73. The quantitative estimate of drug-likeness (QED) is 0.865. The highest BCUT2D eigenvalue weighted by atomic mass is 15.3. The average molecular weight is 284 g/mol. The molecule has 0 amide bonds. The first-order chi connectivity index (χ1) is 10.2. The molecule has 1 saturated heterocycles. The molecule has 21 heavy (non-hydrogen) atoms. The van der Waals surface area contributed by atoms with Crippen LogP contribution in [0.3, 0.4) is 0 Å². The van der Waals surface area contributed by atoms with Gasteiger partial charge in [-0.25, -0.2) is 0 Å². The molecule has 2 atom stereocenters. The van der Waals surface area contributed by atoms with Crippen LogP contribution < -0.4 is 0 Å². The van der Waals surface area contributed by atoms with Crippen molar-refractivity contribution in [1.29, 1.82) is 0 Å². The number of aryl methyl sites for hydroxylation is 2. The van der Waals surface area contributed by atoms with Gasteiger partial charge in [-0.05, 0) is 30.4 Å². The molecule has 2 aromatic heterocycles. The van der Waals surface area contributed by atoms with E-state index < -0.39 is 0 Å². The lowest BCUT2D eigenvalue weighted by Crippen LogP contribution is -2.23. The molecule has 1 fully saturated rings. The largest absolute Gasteiger partial charge is 0.292 e. The topological polar surface area (TPSA) is 34.0 Å². The second-order valence-electron chi connectivity index (χ2n) is 6.20. The summed E-state index contributed by atoms with van der Waals surface area (Å²) in [4.78, 5) is 6.87. The van der Waals surface area contributed by atoms with Crippen molar-refractivity contribution in [2.75, 3.05) is 6.54 Å². The summed E-state index contributed by atoms with van der Waals surface area (Å²) < 4.78 is 1.94. The van der Waals surface area contributed by atoms with Crippen LogP contribution in [0, 0.1) is 5.92 Å². The first kappa shape index (κ1) is 14.3. The fourth-order valence-corrected chi connectivity index (χ4v) is 3.46. The molecule has 2 aromatic rings. The van der Waals surface area contributed by atoms with E-state index >= 15 is 0 Å². The van der Waals surface area contributed by atoms with E-state index in [0.29, 0.717) is 6.04 Å². The molecule has 3 rings (SSSR count). The van der Waals surface area contributed by atoms with Gasteiger partial charge >= 0.3 is 0 Å². The molecule has 2 unspecified atom stereocenters. The highest BCUT2D eigenvalue weighted by Gasteiger charge is 2.31. The Morgan fingerprint density at radius 2 is 2.24 bits per heavy atom. The highest BCUT2D eigenvalue weighted by molar-refractivity contribution is 5.20. The number of hydrogen-bond donors (Lipinski definition) is 0. The molecule has 4 heteroatoms. The summed E-state index contributed by atoms with van der Waals surface area (Å²) in [5, 5.41) is 4.57. The zero-order chi connectivity index (χ0) is 14.8. The summed E-state index contributed by atoms with van der Waals surface area (Å²) >= 11 is 0. The van der Waals surface area contributed by atoms with Crippen molar-refractivity contribution < 1.29 is 0 Å². The molecule has 0 aromatic carbocycles. The normalized spacial score (nSPS) is 22.8. The smallest absolute Gasteiger partial charge is 0.0666 e. The SMILES string of the molecule is CCc1nn(C)cc1CN1CC(C)CC1c1cccnc1. The highest BCUT2D eigenvalue weighted by Crippen LogP contribution is 2.36. The predicted octanol–water partition coefficient (Wildman–Crippen LogP) is 2.96. The van der Waals surface area contributed by atoms with Gasteiger partial charge in [0.25, 0.3) is 0 Å². The van der Waals surface area contributed by atoms with Crippen LogP contribution in [0.4, 0.5) is 0 Å². The van der Waals surface area contributed by atoms with E-state index in [1.807, 2.05) is 30.2 Å². The molecule has 0 aliphatic carbocycles. The van der Waals surface area contributed by atoms with Crippen LogP contribution in [-0.2, 0) is 20.0 Å². The maximum Gasteiger partial charge on any atom is 0.0666 e. The monoisotopic (exact) mass is 284 g/mol. The predicted molar refractivity (Wildman–Crippen MR) is 83.8 cm³/mol. The summed E-state index contributed by atoms with van der Waals surface area (Å²) in [7, 11) is 2.01. The third-order valence-corrected chi connectivity index (χ3v) is 4.38. The molecule has 0 saturated carbocycles. The van der Waals surface area contributed by atoms with Crippen LogP contribution in [0.1, 0.15) is 43.1 Å². The maximum absolute atomic E-state index is 4.57. The fraction of sp³-hybridized carbons (Fsp3) is 0.529. The molecule has 4 nitrogen and oxygen atoms in total. The van der Waals surface area contributed by atoms with Gasteiger partial charge in [0.2, 0.25) is 0 Å². The van der Waals surface area contributed by atoms with Crippen molar-refractivity contribution in [3.8, 4) is 0 Å². The Hall–Kier alpha value is -1.68. The maximum atomic E-state index is 4.57. The second-order valence-corrected chi connectivity index (χ2v) is 6.20. The van der Waals surface area contributed by atoms with Gasteiger partial charge in [-0.15, -0.1) is 0 Å². The van der Waals surface area contributed by atoms with Crippen LogP contribution in [-0.4, -0.2) is 26.2 Å². The Balaban J connectivity index is 1.82. The molecular formula is C17H24N4. The number of aromatic nitrogens is 3. The number of nitrogens with zero attached hydrogens (tertiary/aromatic N) is 4. The molecular weight excluding hydrogens is 260 g/mol. The van der Waals surface area contributed by atoms with E-state index in [-0.39, 0.29) is 0 Å². The molecule has 0 N–H and O–H groups in total. The Morgan fingerprint density at radius 3 is 2.95 bits per heavy atom. The summed E-state index contributed by atoms with van der Waals surface area (Å²) in [5.74, 6) is 0.733. The van der Waals surface area contributed by atoms with Crippen molar-refractivity contribution in [3.63, 3.8) is 0 Å². The number of hydrogen-bond acceptors (Lipinski definition) is 3. The molecule has 112 valence electrons. The van der Waals surface area contributed by atoms with E-state index in [0.717, 1.165) is 25.4 Å². The molecule has 3 heterocycles. The van der Waals surface area contributed by atoms with E-state index in [1.54, 1.807) is 0 Å². The lowest BCUT2D eigenvalue weighted by molar-refractivity contribution is 0.244. The van der Waals surface area contributed by atoms with Crippen molar-refractivity contribution >= 4 is 0 Å². The fourth-order valence-electron chi connectivity index (χ4n) is 3.46. The van der Waals surface area contributed by atoms with Crippen molar-refractivity contribution in [2.24, 2.45) is 13.0 Å². The minimum atomic E-state index is 0.485. The molecule has 1 aliphatic rings. The zero-order valence-electron chi connectivity index (χ0n) is 13.2. The van der Waals surface area contributed by atoms with Gasteiger partial charge < -0.3 is 0 Å². The molecule has 1 aliphatic heterocycles. The van der Waals surface area contributed by atoms with E-state index in [1.165, 1.54) is 23.2 Å². The lowest BCUT2D eigenvalue weighted by atomic mass is 10.0. The van der Waals surface area contributed by atoms with Crippen molar-refractivity contribution in [1.82, 2.24) is 19.7 Å². The second kappa shape index (κ2) is 5.98. The minimum Gasteiger partial charge on any atom is -0.292 e. The Kier molecular flexibility index (Phi) is 4.06. The van der Waals surface area contributed by atoms with Gasteiger partial charge in [0.15, 0.2) is 0 Å². The number of rotatable bonds is 4. The Bertz CT molecular complexity index is 590. The van der Waals surface area contributed by atoms with Gasteiger partial charge in [-0.3, -0.25) is 14.6 Å². The van der Waals surface area contributed by atoms with Crippen LogP contribution in [0.25, 0.3) is 0 Å². The lowest BCUT2D eigenvalue weighted by Gasteiger charge is -2.24. The van der Waals surface area contributed by atoms with E-state index in [9.17, 15) is 0 Å². The summed E-state index contributed by atoms with van der Waals surface area (Å²) in [5.41, 5.74) is 3.92. The van der Waals surface area contributed by atoms with Crippen LogP contribution in [0.2, 0.25) is 0 Å². The van der Waals surface area contributed by atoms with E-state index in [4.69, 9.17) is 0 Å². The van der Waals surface area contributed by atoms with Gasteiger partial charge in [0, 0.05) is 50.3 Å². The van der Waals surface area contributed by atoms with Gasteiger partial charge in [0.1, 0.15) is 0 Å². The Morgan fingerprint density at radius 1 is 1.38 bits per heavy atom. The third-order valence-electron chi connectivity index (χ3n) is 4.38. The third kappa shape index (κ3) is 3.00. The summed E-state index contributed by atoms with van der Waals surface area (Å²) in [6.07, 6.45) is 8.24. The van der Waals surface area contributed by atoms with Gasteiger partial charge in [-0.1, -0.05) is 19.9 Å². The zero-order valence-corrected chi connectivity index (χ0v) is 13.2. The number of pyridine rings is 1. The first-order valence-corrected chi connectivity index (χ1v) is 7.82. The molecule has 0 bridgehead atoms. The van der Waals surface area contributed by atoms with Gasteiger partial charge in [0.05, 0.1) is 5.69 Å². The van der Waals surface area contributed by atoms with Crippen LogP contribution in [0.15, 0.2) is 30.7 Å².